The fraction of sp³-hybridized carbons (Fsp3) is 0.333. The summed E-state index contributed by atoms with van der Waals surface area (Å²) in [6.07, 6.45) is 1.34. The first-order valence-electron chi connectivity index (χ1n) is 9.76. The van der Waals surface area contributed by atoms with Crippen LogP contribution in [0, 0.1) is 0 Å². The lowest BCUT2D eigenvalue weighted by Crippen LogP contribution is -2.79. The van der Waals surface area contributed by atoms with Crippen molar-refractivity contribution in [2.75, 3.05) is 5.73 Å². The van der Waals surface area contributed by atoms with Crippen LogP contribution in [0.25, 0.3) is 0 Å². The second-order valence-electron chi connectivity index (χ2n) is 8.30. The average molecular weight is 469 g/mol. The number of hydrogen-bond acceptors (Lipinski definition) is 10. The number of rotatable bonds is 8. The van der Waals surface area contributed by atoms with Crippen LogP contribution in [0.1, 0.15) is 35.3 Å². The van der Waals surface area contributed by atoms with E-state index in [-0.39, 0.29) is 22.5 Å². The molecule has 13 heteroatoms. The van der Waals surface area contributed by atoms with Crippen molar-refractivity contribution < 1.29 is 40.5 Å². The summed E-state index contributed by atoms with van der Waals surface area (Å²) in [7, 11) is 11.7. The van der Waals surface area contributed by atoms with Gasteiger partial charge in [0.2, 0.25) is 11.6 Å². The Morgan fingerprint density at radius 2 is 1.44 bits per heavy atom. The van der Waals surface area contributed by atoms with Gasteiger partial charge in [0.1, 0.15) is 7.85 Å². The molecule has 1 amide bonds. The molecule has 0 bridgehead atoms. The molecular weight excluding hydrogens is 444 g/mol. The first-order valence-corrected chi connectivity index (χ1v) is 9.76. The van der Waals surface area contributed by atoms with Gasteiger partial charge in [-0.2, -0.15) is 0 Å². The molecule has 11 nitrogen and oxygen atoms in total. The van der Waals surface area contributed by atoms with Crippen molar-refractivity contribution in [2.45, 2.75) is 42.0 Å². The van der Waals surface area contributed by atoms with Gasteiger partial charge < -0.3 is 47.2 Å². The van der Waals surface area contributed by atoms with Gasteiger partial charge >= 0.3 is 0 Å². The summed E-state index contributed by atoms with van der Waals surface area (Å²) in [6, 6.07) is 9.48. The quantitative estimate of drug-likeness (QED) is 0.0856. The van der Waals surface area contributed by atoms with E-state index in [1.807, 2.05) is 0 Å². The normalized spacial score (nSPS) is 16.7. The first-order chi connectivity index (χ1) is 15.3. The largest absolute Gasteiger partial charge is 0.400 e. The zero-order chi connectivity index (χ0) is 26.3. The third kappa shape index (κ3) is 4.46. The number of hydrogen-bond donors (Lipinski definition) is 9. The van der Waals surface area contributed by atoms with E-state index in [1.165, 1.54) is 24.4 Å². The van der Waals surface area contributed by atoms with E-state index in [4.69, 9.17) is 27.2 Å². The summed E-state index contributed by atoms with van der Waals surface area (Å²) in [6.45, 7) is 1.30. The van der Waals surface area contributed by atoms with Crippen LogP contribution >= 0.6 is 0 Å². The van der Waals surface area contributed by atoms with Crippen molar-refractivity contribution in [3.8, 4) is 0 Å². The molecule has 2 unspecified atom stereocenters. The summed E-state index contributed by atoms with van der Waals surface area (Å²) in [5, 5.41) is 68.2. The van der Waals surface area contributed by atoms with Crippen molar-refractivity contribution >= 4 is 39.2 Å². The van der Waals surface area contributed by atoms with Crippen LogP contribution in [0.3, 0.4) is 0 Å². The van der Waals surface area contributed by atoms with Gasteiger partial charge in [-0.25, -0.2) is 0 Å². The summed E-state index contributed by atoms with van der Waals surface area (Å²) >= 11 is 0. The molecule has 2 rings (SSSR count). The van der Waals surface area contributed by atoms with Crippen molar-refractivity contribution in [2.24, 2.45) is 10.7 Å². The molecule has 0 heterocycles. The lowest BCUT2D eigenvalue weighted by molar-refractivity contribution is -0.460. The number of amides is 1. The number of nitrogen functional groups attached to an aromatic ring is 1. The highest BCUT2D eigenvalue weighted by atomic mass is 16.7. The van der Waals surface area contributed by atoms with E-state index in [1.54, 1.807) is 12.1 Å². The van der Waals surface area contributed by atoms with Crippen LogP contribution in [0.5, 0.6) is 0 Å². The molecule has 0 aliphatic carbocycles. The van der Waals surface area contributed by atoms with Gasteiger partial charge in [0, 0.05) is 22.6 Å². The molecule has 2 aromatic carbocycles. The van der Waals surface area contributed by atoms with Gasteiger partial charge in [0.25, 0.3) is 11.7 Å². The fourth-order valence-corrected chi connectivity index (χ4v) is 3.32. The van der Waals surface area contributed by atoms with Crippen LogP contribution in [-0.4, -0.2) is 86.4 Å². The maximum atomic E-state index is 11.4. The van der Waals surface area contributed by atoms with Gasteiger partial charge in [-0.1, -0.05) is 24.3 Å². The molecule has 0 saturated carbocycles. The molecule has 2 atom stereocenters. The van der Waals surface area contributed by atoms with Gasteiger partial charge in [-0.05, 0) is 37.6 Å². The Hall–Kier alpha value is -2.77. The predicted molar refractivity (Wildman–Crippen MR) is 124 cm³/mol. The number of anilines is 1. The molecule has 0 aliphatic rings. The maximum Gasteiger partial charge on any atom is 0.274 e. The molecule has 0 aliphatic heterocycles. The number of primary amides is 1. The van der Waals surface area contributed by atoms with Crippen molar-refractivity contribution in [3.05, 3.63) is 59.2 Å². The van der Waals surface area contributed by atoms with Gasteiger partial charge in [0.15, 0.2) is 0 Å². The van der Waals surface area contributed by atoms with Crippen LogP contribution in [0.15, 0.2) is 47.5 Å². The minimum absolute atomic E-state index is 0.107. The van der Waals surface area contributed by atoms with Crippen molar-refractivity contribution in [1.82, 2.24) is 0 Å². The van der Waals surface area contributed by atoms with E-state index < -0.39 is 34.1 Å². The summed E-state index contributed by atoms with van der Waals surface area (Å²) < 4.78 is 0. The lowest BCUT2D eigenvalue weighted by atomic mass is 9.43. The van der Waals surface area contributed by atoms with Crippen LogP contribution in [0.4, 0.5) is 11.4 Å². The molecule has 178 valence electrons. The Labute approximate surface area is 197 Å². The molecule has 0 fully saturated rings. The number of nitrogens with two attached hydrogens (primary N) is 2. The highest BCUT2D eigenvalue weighted by Crippen LogP contribution is 2.46. The van der Waals surface area contributed by atoms with E-state index in [2.05, 4.69) is 4.99 Å². The molecule has 4 radical (unpaired) electrons. The highest BCUT2D eigenvalue weighted by molar-refractivity contribution is 6.26. The summed E-state index contributed by atoms with van der Waals surface area (Å²) in [5.41, 5.74) is 8.96. The average Bonchev–Trinajstić information content (AvgIpc) is 2.70. The highest BCUT2D eigenvalue weighted by Gasteiger charge is 2.69. The number of nitrogens with zero attached hydrogens (tertiary/aromatic N) is 1. The molecule has 0 spiro atoms. The third-order valence-electron chi connectivity index (χ3n) is 5.58. The minimum atomic E-state index is -4.09. The zero-order valence-corrected chi connectivity index (χ0v) is 18.4. The van der Waals surface area contributed by atoms with Gasteiger partial charge in [-0.15, -0.1) is 0 Å². The Bertz CT molecular complexity index is 1090. The Morgan fingerprint density at radius 1 is 0.912 bits per heavy atom. The number of benzene rings is 2. The Morgan fingerprint density at radius 3 is 1.88 bits per heavy atom. The van der Waals surface area contributed by atoms with Crippen molar-refractivity contribution in [1.29, 1.82) is 0 Å². The molecule has 34 heavy (non-hydrogen) atoms. The van der Waals surface area contributed by atoms with E-state index >= 15 is 0 Å². The molecular formula is C21H25B2N3O8. The Kier molecular flexibility index (Phi) is 7.10. The standard InChI is InChI=1S/C21H25B2N3O8/c1-17(22,28)19(23,21(33,34)20(31,32)18(2,29)30)12-6-8-13(9-7-12)26-10-11-4-3-5-14(15(11)24)16(25)27/h3-10,28-34H,24H2,1-2H3,(H2,25,27). The van der Waals surface area contributed by atoms with E-state index in [0.717, 1.165) is 19.1 Å². The molecule has 11 N–H and O–H groups in total. The van der Waals surface area contributed by atoms with Gasteiger partial charge in [-0.3, -0.25) is 9.79 Å². The second-order valence-corrected chi connectivity index (χ2v) is 8.30. The topological polar surface area (TPSA) is 223 Å². The minimum Gasteiger partial charge on any atom is -0.400 e. The third-order valence-corrected chi connectivity index (χ3v) is 5.58. The van der Waals surface area contributed by atoms with Crippen LogP contribution < -0.4 is 11.5 Å². The first kappa shape index (κ1) is 27.5. The number of aliphatic hydroxyl groups is 7. The fourth-order valence-electron chi connectivity index (χ4n) is 3.32. The maximum absolute atomic E-state index is 11.4. The van der Waals surface area contributed by atoms with Crippen molar-refractivity contribution in [3.63, 3.8) is 0 Å². The van der Waals surface area contributed by atoms with Crippen LogP contribution in [-0.2, 0) is 5.31 Å². The summed E-state index contributed by atoms with van der Waals surface area (Å²) in [5.74, 6) is -12.3. The lowest BCUT2D eigenvalue weighted by Gasteiger charge is -2.55. The molecule has 0 saturated heterocycles. The Balaban J connectivity index is 2.52. The smallest absolute Gasteiger partial charge is 0.274 e. The monoisotopic (exact) mass is 469 g/mol. The zero-order valence-electron chi connectivity index (χ0n) is 18.4. The molecule has 2 aromatic rings. The van der Waals surface area contributed by atoms with E-state index in [9.17, 15) is 40.5 Å². The number of para-hydroxylation sites is 1. The second kappa shape index (κ2) is 8.78. The van der Waals surface area contributed by atoms with Gasteiger partial charge in [0.05, 0.1) is 24.8 Å². The number of carbonyl (C=O) groups is 1. The molecule has 0 aromatic heterocycles. The summed E-state index contributed by atoms with van der Waals surface area (Å²) in [4.78, 5) is 15.6. The van der Waals surface area contributed by atoms with E-state index in [0.29, 0.717) is 12.5 Å². The SMILES string of the molecule is [B]C(C)(O)C([B])(c1ccc(N=Cc2cccc(C(N)=O)c2N)cc1)C(O)(O)C(O)(O)C(C)(O)O. The van der Waals surface area contributed by atoms with Crippen LogP contribution in [0.2, 0.25) is 0 Å². The number of carbonyl (C=O) groups excluding carboxylic acids is 1. The predicted octanol–water partition coefficient (Wildman–Crippen LogP) is -2.58. The number of aliphatic imine (C=N–C) groups is 1.